The van der Waals surface area contributed by atoms with Crippen molar-refractivity contribution in [3.05, 3.63) is 41.9 Å². The van der Waals surface area contributed by atoms with Crippen molar-refractivity contribution in [2.24, 2.45) is 0 Å². The van der Waals surface area contributed by atoms with E-state index < -0.39 is 0 Å². The fraction of sp³-hybridized carbons (Fsp3) is 0.0769. The van der Waals surface area contributed by atoms with E-state index >= 15 is 0 Å². The van der Waals surface area contributed by atoms with E-state index in [1.165, 1.54) is 0 Å². The summed E-state index contributed by atoms with van der Waals surface area (Å²) in [6, 6.07) is 9.54. The number of para-hydroxylation sites is 1. The lowest BCUT2D eigenvalue weighted by Crippen LogP contribution is -1.77. The molecular formula is C13H9N3O. The normalized spacial score (nSPS) is 10.6. The molecule has 3 rings (SSSR count). The van der Waals surface area contributed by atoms with E-state index in [0.717, 1.165) is 22.7 Å². The second kappa shape index (κ2) is 3.49. The maximum Gasteiger partial charge on any atom is 0.141 e. The van der Waals surface area contributed by atoms with Gasteiger partial charge in [0.2, 0.25) is 0 Å². The van der Waals surface area contributed by atoms with Crippen LogP contribution in [0.5, 0.6) is 0 Å². The van der Waals surface area contributed by atoms with Gasteiger partial charge >= 0.3 is 0 Å². The average Bonchev–Trinajstić information content (AvgIpc) is 2.93. The minimum absolute atomic E-state index is 0.574. The Balaban J connectivity index is 2.24. The molecule has 0 fully saturated rings. The van der Waals surface area contributed by atoms with Crippen LogP contribution in [0.15, 0.2) is 34.9 Å². The molecule has 0 amide bonds. The molecule has 0 saturated carbocycles. The molecule has 0 aliphatic heterocycles. The second-order valence-corrected chi connectivity index (χ2v) is 3.84. The quantitative estimate of drug-likeness (QED) is 0.689. The molecule has 1 N–H and O–H groups in total. The van der Waals surface area contributed by atoms with Crippen LogP contribution in [-0.2, 0) is 0 Å². The summed E-state index contributed by atoms with van der Waals surface area (Å²) < 4.78 is 5.25. The van der Waals surface area contributed by atoms with Crippen LogP contribution in [0, 0.1) is 18.3 Å². The summed E-state index contributed by atoms with van der Waals surface area (Å²) in [6.45, 7) is 1.88. The SMILES string of the molecule is Cc1cc(-c2nc3c(C#N)cccc3[nH]2)co1. The fourth-order valence-electron chi connectivity index (χ4n) is 1.83. The van der Waals surface area contributed by atoms with Crippen molar-refractivity contribution < 1.29 is 4.42 Å². The number of H-pyrrole nitrogens is 1. The van der Waals surface area contributed by atoms with Gasteiger partial charge in [0.15, 0.2) is 0 Å². The molecule has 4 heteroatoms. The van der Waals surface area contributed by atoms with Gasteiger partial charge in [-0.1, -0.05) is 6.07 Å². The lowest BCUT2D eigenvalue weighted by molar-refractivity contribution is 0.535. The second-order valence-electron chi connectivity index (χ2n) is 3.84. The number of rotatable bonds is 1. The highest BCUT2D eigenvalue weighted by Crippen LogP contribution is 2.23. The van der Waals surface area contributed by atoms with Gasteiger partial charge in [0.05, 0.1) is 16.6 Å². The molecule has 17 heavy (non-hydrogen) atoms. The molecule has 2 aromatic heterocycles. The first kappa shape index (κ1) is 9.67. The summed E-state index contributed by atoms with van der Waals surface area (Å²) in [5.74, 6) is 1.56. The highest BCUT2D eigenvalue weighted by molar-refractivity contribution is 5.84. The minimum Gasteiger partial charge on any atom is -0.469 e. The number of furan rings is 1. The monoisotopic (exact) mass is 223 g/mol. The first-order valence-corrected chi connectivity index (χ1v) is 5.22. The lowest BCUT2D eigenvalue weighted by atomic mass is 10.2. The largest absolute Gasteiger partial charge is 0.469 e. The molecule has 82 valence electrons. The van der Waals surface area contributed by atoms with Gasteiger partial charge in [-0.3, -0.25) is 0 Å². The molecule has 0 aliphatic rings. The number of hydrogen-bond donors (Lipinski definition) is 1. The van der Waals surface area contributed by atoms with Crippen molar-refractivity contribution in [1.82, 2.24) is 9.97 Å². The number of hydrogen-bond acceptors (Lipinski definition) is 3. The highest BCUT2D eigenvalue weighted by atomic mass is 16.3. The van der Waals surface area contributed by atoms with Crippen LogP contribution in [0.2, 0.25) is 0 Å². The smallest absolute Gasteiger partial charge is 0.141 e. The molecule has 0 bridgehead atoms. The summed E-state index contributed by atoms with van der Waals surface area (Å²) in [5, 5.41) is 9.00. The molecule has 0 radical (unpaired) electrons. The third-order valence-electron chi connectivity index (χ3n) is 2.64. The molecule has 0 aliphatic carbocycles. The van der Waals surface area contributed by atoms with E-state index in [2.05, 4.69) is 16.0 Å². The maximum atomic E-state index is 9.00. The zero-order valence-electron chi connectivity index (χ0n) is 9.19. The van der Waals surface area contributed by atoms with Crippen molar-refractivity contribution in [1.29, 1.82) is 5.26 Å². The van der Waals surface area contributed by atoms with Crippen molar-refractivity contribution in [2.75, 3.05) is 0 Å². The summed E-state index contributed by atoms with van der Waals surface area (Å²) in [5.41, 5.74) is 3.02. The zero-order chi connectivity index (χ0) is 11.8. The third-order valence-corrected chi connectivity index (χ3v) is 2.64. The van der Waals surface area contributed by atoms with Gasteiger partial charge in [-0.2, -0.15) is 5.26 Å². The Morgan fingerprint density at radius 1 is 1.41 bits per heavy atom. The first-order chi connectivity index (χ1) is 8.28. The number of nitrogens with zero attached hydrogens (tertiary/aromatic N) is 2. The molecule has 0 saturated heterocycles. The van der Waals surface area contributed by atoms with E-state index in [1.807, 2.05) is 25.1 Å². The molecule has 0 unspecified atom stereocenters. The van der Waals surface area contributed by atoms with E-state index in [-0.39, 0.29) is 0 Å². The summed E-state index contributed by atoms with van der Waals surface area (Å²) in [6.07, 6.45) is 1.65. The number of aromatic amines is 1. The maximum absolute atomic E-state index is 9.00. The minimum atomic E-state index is 0.574. The number of fused-ring (bicyclic) bond motifs is 1. The van der Waals surface area contributed by atoms with Crippen LogP contribution in [-0.4, -0.2) is 9.97 Å². The van der Waals surface area contributed by atoms with Crippen LogP contribution in [0.3, 0.4) is 0 Å². The molecule has 0 atom stereocenters. The third kappa shape index (κ3) is 1.49. The summed E-state index contributed by atoms with van der Waals surface area (Å²) >= 11 is 0. The van der Waals surface area contributed by atoms with Crippen LogP contribution < -0.4 is 0 Å². The number of aromatic nitrogens is 2. The summed E-state index contributed by atoms with van der Waals surface area (Å²) in [4.78, 5) is 7.61. The Hall–Kier alpha value is -2.54. The van der Waals surface area contributed by atoms with Gasteiger partial charge in [-0.05, 0) is 25.1 Å². The van der Waals surface area contributed by atoms with E-state index in [9.17, 15) is 0 Å². The van der Waals surface area contributed by atoms with Crippen LogP contribution in [0.1, 0.15) is 11.3 Å². The van der Waals surface area contributed by atoms with Crippen LogP contribution in [0.25, 0.3) is 22.4 Å². The Bertz CT molecular complexity index is 731. The van der Waals surface area contributed by atoms with Gasteiger partial charge in [0.1, 0.15) is 29.4 Å². The predicted molar refractivity (Wildman–Crippen MR) is 63.2 cm³/mol. The van der Waals surface area contributed by atoms with Crippen molar-refractivity contribution in [3.63, 3.8) is 0 Å². The van der Waals surface area contributed by atoms with E-state index in [4.69, 9.17) is 9.68 Å². The standard InChI is InChI=1S/C13H9N3O/c1-8-5-10(7-17-8)13-15-11-4-2-3-9(6-14)12(11)16-13/h2-5,7H,1H3,(H,15,16). The molecule has 4 nitrogen and oxygen atoms in total. The van der Waals surface area contributed by atoms with E-state index in [1.54, 1.807) is 12.3 Å². The van der Waals surface area contributed by atoms with Crippen molar-refractivity contribution >= 4 is 11.0 Å². The fourth-order valence-corrected chi connectivity index (χ4v) is 1.83. The molecule has 0 spiro atoms. The van der Waals surface area contributed by atoms with Gasteiger partial charge in [-0.25, -0.2) is 4.98 Å². The molecule has 1 aromatic carbocycles. The number of benzene rings is 1. The number of nitriles is 1. The Kier molecular flexibility index (Phi) is 1.99. The zero-order valence-corrected chi connectivity index (χ0v) is 9.19. The van der Waals surface area contributed by atoms with Gasteiger partial charge in [0.25, 0.3) is 0 Å². The number of aryl methyl sites for hydroxylation is 1. The lowest BCUT2D eigenvalue weighted by Gasteiger charge is -1.87. The van der Waals surface area contributed by atoms with Gasteiger partial charge in [0, 0.05) is 0 Å². The first-order valence-electron chi connectivity index (χ1n) is 5.22. The molecule has 3 aromatic rings. The highest BCUT2D eigenvalue weighted by Gasteiger charge is 2.09. The van der Waals surface area contributed by atoms with Crippen molar-refractivity contribution in [3.8, 4) is 17.5 Å². The topological polar surface area (TPSA) is 65.6 Å². The predicted octanol–water partition coefficient (Wildman–Crippen LogP) is 3.00. The number of imidazole rings is 1. The molecular weight excluding hydrogens is 214 g/mol. The Morgan fingerprint density at radius 2 is 2.29 bits per heavy atom. The van der Waals surface area contributed by atoms with Gasteiger partial charge < -0.3 is 9.40 Å². The van der Waals surface area contributed by atoms with E-state index in [0.29, 0.717) is 11.1 Å². The number of nitrogens with one attached hydrogen (secondary N) is 1. The van der Waals surface area contributed by atoms with Crippen LogP contribution >= 0.6 is 0 Å². The van der Waals surface area contributed by atoms with Gasteiger partial charge in [-0.15, -0.1) is 0 Å². The Labute approximate surface area is 97.5 Å². The Morgan fingerprint density at radius 3 is 3.00 bits per heavy atom. The average molecular weight is 223 g/mol. The van der Waals surface area contributed by atoms with Crippen molar-refractivity contribution in [2.45, 2.75) is 6.92 Å². The molecule has 2 heterocycles. The summed E-state index contributed by atoms with van der Waals surface area (Å²) in [7, 11) is 0. The van der Waals surface area contributed by atoms with Crippen LogP contribution in [0.4, 0.5) is 0 Å².